The van der Waals surface area contributed by atoms with Gasteiger partial charge in [-0.25, -0.2) is 4.98 Å². The summed E-state index contributed by atoms with van der Waals surface area (Å²) in [6.07, 6.45) is 13.3. The number of Topliss-reactive ketones (excluding diaryl/α,β-unsaturated/α-hetero) is 1. The van der Waals surface area contributed by atoms with E-state index in [0.717, 1.165) is 80.2 Å². The lowest BCUT2D eigenvalue weighted by atomic mass is 9.93. The molecule has 3 aromatic carbocycles. The van der Waals surface area contributed by atoms with Crippen molar-refractivity contribution in [1.29, 1.82) is 0 Å². The third-order valence-corrected chi connectivity index (χ3v) is 9.17. The van der Waals surface area contributed by atoms with Crippen molar-refractivity contribution in [2.45, 2.75) is 77.6 Å². The maximum absolute atomic E-state index is 12.8. The molecule has 0 saturated heterocycles. The van der Waals surface area contributed by atoms with E-state index in [1.54, 1.807) is 24.4 Å². The van der Waals surface area contributed by atoms with Gasteiger partial charge in [0.15, 0.2) is 17.3 Å². The molecule has 1 heterocycles. The number of anilines is 1. The van der Waals surface area contributed by atoms with Gasteiger partial charge in [-0.05, 0) is 128 Å². The van der Waals surface area contributed by atoms with E-state index in [9.17, 15) is 14.7 Å². The zero-order valence-electron chi connectivity index (χ0n) is 29.9. The van der Waals surface area contributed by atoms with E-state index in [0.29, 0.717) is 30.3 Å². The molecule has 0 radical (unpaired) electrons. The molecule has 4 N–H and O–H groups in total. The average molecular weight is 676 g/mol. The van der Waals surface area contributed by atoms with Crippen LogP contribution in [0.2, 0.25) is 0 Å². The molecule has 4 rings (SSSR count). The predicted molar refractivity (Wildman–Crippen MR) is 204 cm³/mol. The lowest BCUT2D eigenvalue weighted by Gasteiger charge is -2.14. The number of allylic oxidation sites excluding steroid dienone is 1. The second-order valence-corrected chi connectivity index (χ2v) is 13.4. The van der Waals surface area contributed by atoms with Crippen LogP contribution in [-0.4, -0.2) is 42.4 Å². The van der Waals surface area contributed by atoms with Crippen molar-refractivity contribution < 1.29 is 19.4 Å². The van der Waals surface area contributed by atoms with Crippen molar-refractivity contribution in [3.05, 3.63) is 124 Å². The van der Waals surface area contributed by atoms with Gasteiger partial charge in [-0.2, -0.15) is 0 Å². The average Bonchev–Trinajstić information content (AvgIpc) is 3.11. The fourth-order valence-electron chi connectivity index (χ4n) is 6.36. The topological polar surface area (TPSA) is 115 Å². The molecule has 0 aliphatic heterocycles. The van der Waals surface area contributed by atoms with E-state index in [2.05, 4.69) is 65.8 Å². The van der Waals surface area contributed by atoms with Gasteiger partial charge >= 0.3 is 0 Å². The molecule has 0 bridgehead atoms. The minimum atomic E-state index is -0.239. The first-order chi connectivity index (χ1) is 24.2. The summed E-state index contributed by atoms with van der Waals surface area (Å²) in [6.45, 7) is 3.22. The zero-order valence-corrected chi connectivity index (χ0v) is 29.9. The number of aromatic hydroxyl groups is 1. The zero-order chi connectivity index (χ0) is 35.7. The number of nitrogens with two attached hydrogens (primary N) is 1. The Morgan fingerprint density at radius 2 is 1.60 bits per heavy atom. The van der Waals surface area contributed by atoms with Crippen molar-refractivity contribution in [2.75, 3.05) is 26.4 Å². The van der Waals surface area contributed by atoms with Gasteiger partial charge < -0.3 is 20.9 Å². The number of aryl methyl sites for hydroxylation is 4. The number of hydrogen-bond acceptors (Lipinski definition) is 7. The molecule has 1 atom stereocenters. The van der Waals surface area contributed by atoms with Crippen molar-refractivity contribution in [2.24, 2.45) is 5.92 Å². The predicted octanol–water partition coefficient (Wildman–Crippen LogP) is 7.89. The number of benzene rings is 3. The van der Waals surface area contributed by atoms with E-state index < -0.39 is 0 Å². The lowest BCUT2D eigenvalue weighted by Crippen LogP contribution is -2.15. The van der Waals surface area contributed by atoms with Crippen molar-refractivity contribution in [3.8, 4) is 11.5 Å². The van der Waals surface area contributed by atoms with Crippen LogP contribution in [0.1, 0.15) is 84.4 Å². The minimum absolute atomic E-state index is 0.0128. The molecule has 0 unspecified atom stereocenters. The summed E-state index contributed by atoms with van der Waals surface area (Å²) in [4.78, 5) is 29.7. The summed E-state index contributed by atoms with van der Waals surface area (Å²) in [6, 6.07) is 24.6. The van der Waals surface area contributed by atoms with Crippen molar-refractivity contribution in [3.63, 3.8) is 0 Å². The standard InChI is InChI=1S/C43H53N3O4/c1-31(29-45-2)11-6-4-9-16-39(47)28-40(48)22-21-35-26-42(50-3)41(49)25-37(35)24-38-30-46-43(44)27-36(38)20-19-34-15-10-14-33(23-34)18-17-32-12-7-5-8-13-32/h5,7-8,10,12-15,21-23,25-27,30-31,45,49H,4,6,9,11,16-20,24,28-29H2,1-3H3,(H2,44,46)/t31-/m1/s1. The van der Waals surface area contributed by atoms with Gasteiger partial charge in [0.2, 0.25) is 0 Å². The Balaban J connectivity index is 1.40. The van der Waals surface area contributed by atoms with Gasteiger partial charge in [-0.3, -0.25) is 9.59 Å². The number of carbonyl (C=O) groups is 2. The summed E-state index contributed by atoms with van der Waals surface area (Å²) >= 11 is 0. The number of ketones is 2. The monoisotopic (exact) mass is 675 g/mol. The number of rotatable bonds is 21. The molecule has 0 saturated carbocycles. The summed E-state index contributed by atoms with van der Waals surface area (Å²) < 4.78 is 5.38. The first-order valence-corrected chi connectivity index (χ1v) is 17.9. The molecule has 50 heavy (non-hydrogen) atoms. The molecular formula is C43H53N3O4. The largest absolute Gasteiger partial charge is 0.504 e. The highest BCUT2D eigenvalue weighted by atomic mass is 16.5. The summed E-state index contributed by atoms with van der Waals surface area (Å²) in [5.74, 6) is 1.12. The van der Waals surface area contributed by atoms with Gasteiger partial charge in [-0.15, -0.1) is 0 Å². The second-order valence-electron chi connectivity index (χ2n) is 13.4. The maximum atomic E-state index is 12.8. The van der Waals surface area contributed by atoms with E-state index in [1.807, 2.05) is 19.2 Å². The molecule has 7 nitrogen and oxygen atoms in total. The number of methoxy groups -OCH3 is 1. The number of unbranched alkanes of at least 4 members (excludes halogenated alkanes) is 2. The Hall–Kier alpha value is -4.75. The summed E-state index contributed by atoms with van der Waals surface area (Å²) in [5, 5.41) is 13.9. The van der Waals surface area contributed by atoms with Crippen LogP contribution >= 0.6 is 0 Å². The summed E-state index contributed by atoms with van der Waals surface area (Å²) in [5.41, 5.74) is 13.6. The number of phenols is 1. The Labute approximate surface area is 298 Å². The summed E-state index contributed by atoms with van der Waals surface area (Å²) in [7, 11) is 3.45. The number of nitrogen functional groups attached to an aromatic ring is 1. The number of ether oxygens (including phenoxy) is 1. The van der Waals surface area contributed by atoms with Crippen LogP contribution in [0.15, 0.2) is 85.1 Å². The van der Waals surface area contributed by atoms with Gasteiger partial charge in [0.25, 0.3) is 0 Å². The lowest BCUT2D eigenvalue weighted by molar-refractivity contribution is -0.124. The van der Waals surface area contributed by atoms with E-state index in [1.165, 1.54) is 29.9 Å². The first kappa shape index (κ1) is 38.1. The molecule has 0 amide bonds. The highest BCUT2D eigenvalue weighted by molar-refractivity contribution is 6.06. The number of nitrogens with zero attached hydrogens (tertiary/aromatic N) is 1. The number of pyridine rings is 1. The Kier molecular flexibility index (Phi) is 15.3. The second kappa shape index (κ2) is 20.1. The molecule has 0 aliphatic carbocycles. The van der Waals surface area contributed by atoms with Crippen LogP contribution in [0.5, 0.6) is 11.5 Å². The molecule has 1 aromatic heterocycles. The van der Waals surface area contributed by atoms with Crippen LogP contribution in [0.4, 0.5) is 5.82 Å². The van der Waals surface area contributed by atoms with Crippen LogP contribution < -0.4 is 15.8 Å². The van der Waals surface area contributed by atoms with Crippen molar-refractivity contribution >= 4 is 23.5 Å². The van der Waals surface area contributed by atoms with Gasteiger partial charge in [0.05, 0.1) is 13.5 Å². The van der Waals surface area contributed by atoms with E-state index >= 15 is 0 Å². The van der Waals surface area contributed by atoms with E-state index in [4.69, 9.17) is 10.5 Å². The smallest absolute Gasteiger partial charge is 0.163 e. The third-order valence-electron chi connectivity index (χ3n) is 9.17. The number of nitrogens with one attached hydrogen (secondary N) is 1. The van der Waals surface area contributed by atoms with Gasteiger partial charge in [0, 0.05) is 12.6 Å². The number of aromatic nitrogens is 1. The first-order valence-electron chi connectivity index (χ1n) is 17.9. The maximum Gasteiger partial charge on any atom is 0.163 e. The SMILES string of the molecule is CNC[C@H](C)CCCCCC(=O)CC(=O)C=Cc1cc(OC)c(O)cc1Cc1cnc(N)cc1CCc1cccc(CCc2ccccc2)c1. The molecule has 264 valence electrons. The number of hydrogen-bond donors (Lipinski definition) is 3. The van der Waals surface area contributed by atoms with Crippen LogP contribution in [0, 0.1) is 5.92 Å². The fourth-order valence-corrected chi connectivity index (χ4v) is 6.36. The van der Waals surface area contributed by atoms with Gasteiger partial charge in [0.1, 0.15) is 11.6 Å². The number of carbonyl (C=O) groups excluding carboxylic acids is 2. The Bertz CT molecular complexity index is 1720. The quantitative estimate of drug-likeness (QED) is 0.0468. The van der Waals surface area contributed by atoms with Crippen LogP contribution in [-0.2, 0) is 41.7 Å². The molecule has 0 aliphatic rings. The van der Waals surface area contributed by atoms with Crippen LogP contribution in [0.3, 0.4) is 0 Å². The highest BCUT2D eigenvalue weighted by Gasteiger charge is 2.14. The van der Waals surface area contributed by atoms with Crippen LogP contribution in [0.25, 0.3) is 6.08 Å². The fraction of sp³-hybridized carbons (Fsp3) is 0.372. The van der Waals surface area contributed by atoms with Gasteiger partial charge in [-0.1, -0.05) is 80.4 Å². The molecular weight excluding hydrogens is 622 g/mol. The third kappa shape index (κ3) is 12.6. The van der Waals surface area contributed by atoms with Crippen molar-refractivity contribution in [1.82, 2.24) is 10.3 Å². The number of phenolic OH excluding ortho intramolecular Hbond substituents is 1. The molecule has 0 spiro atoms. The van der Waals surface area contributed by atoms with E-state index in [-0.39, 0.29) is 23.7 Å². The Morgan fingerprint density at radius 3 is 2.34 bits per heavy atom. The minimum Gasteiger partial charge on any atom is -0.504 e. The highest BCUT2D eigenvalue weighted by Crippen LogP contribution is 2.32. The normalized spacial score (nSPS) is 11.9. The molecule has 7 heteroatoms. The Morgan fingerprint density at radius 1 is 0.880 bits per heavy atom. The molecule has 0 fully saturated rings. The molecule has 4 aromatic rings.